The SMILES string of the molecule is CC(C)(C)Cc1noc2cc(Nc3n[nH]c4cccnc34)c(F)cc12. The molecule has 0 atom stereocenters. The van der Waals surface area contributed by atoms with E-state index < -0.39 is 5.82 Å². The van der Waals surface area contributed by atoms with Crippen molar-refractivity contribution < 1.29 is 8.91 Å². The Bertz CT molecular complexity index is 1060. The van der Waals surface area contributed by atoms with E-state index in [4.69, 9.17) is 4.52 Å². The van der Waals surface area contributed by atoms with Gasteiger partial charge in [-0.05, 0) is 30.0 Å². The highest BCUT2D eigenvalue weighted by Gasteiger charge is 2.19. The minimum Gasteiger partial charge on any atom is -0.356 e. The number of hydrogen-bond donors (Lipinski definition) is 2. The smallest absolute Gasteiger partial charge is 0.178 e. The average Bonchev–Trinajstić information content (AvgIpc) is 3.12. The van der Waals surface area contributed by atoms with E-state index in [1.54, 1.807) is 12.3 Å². The van der Waals surface area contributed by atoms with Crippen LogP contribution in [0.4, 0.5) is 15.9 Å². The third-order valence-corrected chi connectivity index (χ3v) is 3.91. The van der Waals surface area contributed by atoms with Crippen LogP contribution < -0.4 is 5.32 Å². The number of benzene rings is 1. The Labute approximate surface area is 143 Å². The first-order valence-electron chi connectivity index (χ1n) is 8.05. The number of pyridine rings is 1. The first kappa shape index (κ1) is 15.6. The van der Waals surface area contributed by atoms with Gasteiger partial charge >= 0.3 is 0 Å². The summed E-state index contributed by atoms with van der Waals surface area (Å²) in [6.07, 6.45) is 2.37. The summed E-state index contributed by atoms with van der Waals surface area (Å²) in [6, 6.07) is 6.72. The summed E-state index contributed by atoms with van der Waals surface area (Å²) in [5, 5.41) is 14.8. The van der Waals surface area contributed by atoms with E-state index in [0.717, 1.165) is 11.2 Å². The lowest BCUT2D eigenvalue weighted by atomic mass is 9.89. The maximum absolute atomic E-state index is 14.6. The molecule has 1 aromatic carbocycles. The molecule has 0 aliphatic heterocycles. The first-order valence-corrected chi connectivity index (χ1v) is 8.05. The highest BCUT2D eigenvalue weighted by molar-refractivity contribution is 5.89. The van der Waals surface area contributed by atoms with Crippen molar-refractivity contribution >= 4 is 33.5 Å². The second-order valence-corrected chi connectivity index (χ2v) is 7.29. The van der Waals surface area contributed by atoms with Gasteiger partial charge < -0.3 is 9.84 Å². The van der Waals surface area contributed by atoms with E-state index in [1.165, 1.54) is 6.07 Å². The predicted octanol–water partition coefficient (Wildman–Crippen LogP) is 4.57. The zero-order valence-corrected chi connectivity index (χ0v) is 14.2. The van der Waals surface area contributed by atoms with Crippen LogP contribution >= 0.6 is 0 Å². The van der Waals surface area contributed by atoms with Crippen LogP contribution in [0.25, 0.3) is 22.0 Å². The van der Waals surface area contributed by atoms with E-state index in [9.17, 15) is 4.39 Å². The minimum absolute atomic E-state index is 0.0385. The van der Waals surface area contributed by atoms with Gasteiger partial charge in [0.2, 0.25) is 0 Å². The van der Waals surface area contributed by atoms with Gasteiger partial charge in [0, 0.05) is 17.6 Å². The Kier molecular flexibility index (Phi) is 3.45. The molecule has 4 aromatic rings. The highest BCUT2D eigenvalue weighted by Crippen LogP contribution is 2.31. The zero-order valence-electron chi connectivity index (χ0n) is 14.2. The molecule has 0 aliphatic rings. The average molecular weight is 339 g/mol. The standard InChI is InChI=1S/C18H18FN5O/c1-18(2,3)9-14-10-7-11(19)13(8-15(10)25-24-14)21-17-16-12(22-23-17)5-4-6-20-16/h4-8H,9H2,1-3H3,(H2,21,22,23). The molecule has 0 bridgehead atoms. The maximum atomic E-state index is 14.6. The van der Waals surface area contributed by atoms with Gasteiger partial charge in [-0.15, -0.1) is 0 Å². The molecular weight excluding hydrogens is 321 g/mol. The van der Waals surface area contributed by atoms with Crippen LogP contribution in [0.3, 0.4) is 0 Å². The number of nitrogens with one attached hydrogen (secondary N) is 2. The van der Waals surface area contributed by atoms with Crippen LogP contribution in [-0.4, -0.2) is 20.3 Å². The van der Waals surface area contributed by atoms with E-state index in [1.807, 2.05) is 12.1 Å². The van der Waals surface area contributed by atoms with E-state index >= 15 is 0 Å². The third-order valence-electron chi connectivity index (χ3n) is 3.91. The van der Waals surface area contributed by atoms with E-state index in [0.29, 0.717) is 28.7 Å². The molecule has 6 nitrogen and oxygen atoms in total. The third kappa shape index (κ3) is 2.93. The predicted molar refractivity (Wildman–Crippen MR) is 94.3 cm³/mol. The summed E-state index contributed by atoms with van der Waals surface area (Å²) in [4.78, 5) is 4.26. The summed E-state index contributed by atoms with van der Waals surface area (Å²) in [5.74, 6) is 0.0706. The molecule has 0 radical (unpaired) electrons. The largest absolute Gasteiger partial charge is 0.356 e. The molecule has 4 rings (SSSR count). The Balaban J connectivity index is 1.72. The fraction of sp³-hybridized carbons (Fsp3) is 0.278. The quantitative estimate of drug-likeness (QED) is 0.571. The van der Waals surface area contributed by atoms with Gasteiger partial charge in [0.25, 0.3) is 0 Å². The molecule has 0 unspecified atom stereocenters. The molecule has 0 saturated heterocycles. The van der Waals surface area contributed by atoms with Gasteiger partial charge in [-0.1, -0.05) is 25.9 Å². The summed E-state index contributed by atoms with van der Waals surface area (Å²) < 4.78 is 20.0. The number of hydrogen-bond acceptors (Lipinski definition) is 5. The van der Waals surface area contributed by atoms with Gasteiger partial charge in [-0.3, -0.25) is 10.1 Å². The lowest BCUT2D eigenvalue weighted by molar-refractivity contribution is 0.382. The summed E-state index contributed by atoms with van der Waals surface area (Å²) >= 11 is 0. The van der Waals surface area contributed by atoms with Crippen LogP contribution in [0.2, 0.25) is 0 Å². The van der Waals surface area contributed by atoms with Crippen molar-refractivity contribution in [2.45, 2.75) is 27.2 Å². The van der Waals surface area contributed by atoms with Gasteiger partial charge in [-0.2, -0.15) is 5.10 Å². The van der Waals surface area contributed by atoms with Gasteiger partial charge in [0.1, 0.15) is 11.3 Å². The maximum Gasteiger partial charge on any atom is 0.178 e. The normalized spacial score (nSPS) is 12.2. The second kappa shape index (κ2) is 5.54. The Morgan fingerprint density at radius 2 is 2.12 bits per heavy atom. The number of anilines is 2. The molecule has 3 heterocycles. The lowest BCUT2D eigenvalue weighted by Crippen LogP contribution is -2.09. The van der Waals surface area contributed by atoms with Crippen molar-refractivity contribution in [2.24, 2.45) is 5.41 Å². The molecule has 0 amide bonds. The molecule has 0 spiro atoms. The zero-order chi connectivity index (χ0) is 17.6. The van der Waals surface area contributed by atoms with Crippen LogP contribution in [0.5, 0.6) is 0 Å². The summed E-state index contributed by atoms with van der Waals surface area (Å²) in [7, 11) is 0. The minimum atomic E-state index is -0.391. The van der Waals surface area contributed by atoms with Crippen molar-refractivity contribution in [2.75, 3.05) is 5.32 Å². The topological polar surface area (TPSA) is 79.6 Å². The number of H-pyrrole nitrogens is 1. The first-order chi connectivity index (χ1) is 11.9. The fourth-order valence-corrected chi connectivity index (χ4v) is 2.80. The van der Waals surface area contributed by atoms with E-state index in [2.05, 4.69) is 46.4 Å². The lowest BCUT2D eigenvalue weighted by Gasteiger charge is -2.15. The molecule has 0 aliphatic carbocycles. The Morgan fingerprint density at radius 3 is 2.92 bits per heavy atom. The molecule has 128 valence electrons. The van der Waals surface area contributed by atoms with Gasteiger partial charge in [0.05, 0.1) is 16.9 Å². The van der Waals surface area contributed by atoms with Crippen LogP contribution in [0.15, 0.2) is 35.0 Å². The number of fused-ring (bicyclic) bond motifs is 2. The van der Waals surface area contributed by atoms with Gasteiger partial charge in [0.15, 0.2) is 11.4 Å². The van der Waals surface area contributed by atoms with Crippen molar-refractivity contribution in [3.05, 3.63) is 42.0 Å². The molecule has 2 N–H and O–H groups in total. The number of halogens is 1. The highest BCUT2D eigenvalue weighted by atomic mass is 19.1. The fourth-order valence-electron chi connectivity index (χ4n) is 2.80. The Hall–Kier alpha value is -2.96. The number of rotatable bonds is 3. The molecule has 3 aromatic heterocycles. The van der Waals surface area contributed by atoms with Crippen molar-refractivity contribution in [3.63, 3.8) is 0 Å². The number of aromatic nitrogens is 4. The summed E-state index contributed by atoms with van der Waals surface area (Å²) in [5.41, 5.74) is 3.03. The molecule has 0 fully saturated rings. The second-order valence-electron chi connectivity index (χ2n) is 7.29. The van der Waals surface area contributed by atoms with Crippen LogP contribution in [0.1, 0.15) is 26.5 Å². The molecular formula is C18H18FN5O. The van der Waals surface area contributed by atoms with Crippen molar-refractivity contribution in [1.82, 2.24) is 20.3 Å². The summed E-state index contributed by atoms with van der Waals surface area (Å²) in [6.45, 7) is 6.32. The van der Waals surface area contributed by atoms with Crippen molar-refractivity contribution in [1.29, 1.82) is 0 Å². The number of nitrogens with zero attached hydrogens (tertiary/aromatic N) is 3. The van der Waals surface area contributed by atoms with E-state index in [-0.39, 0.29) is 11.1 Å². The monoisotopic (exact) mass is 339 g/mol. The van der Waals surface area contributed by atoms with Gasteiger partial charge in [-0.25, -0.2) is 4.39 Å². The molecule has 0 saturated carbocycles. The number of aromatic amines is 1. The molecule has 7 heteroatoms. The Morgan fingerprint density at radius 1 is 1.28 bits per heavy atom. The van der Waals surface area contributed by atoms with Crippen molar-refractivity contribution in [3.8, 4) is 0 Å². The molecule has 25 heavy (non-hydrogen) atoms. The van der Waals surface area contributed by atoms with Crippen LogP contribution in [-0.2, 0) is 6.42 Å². The van der Waals surface area contributed by atoms with Crippen LogP contribution in [0, 0.1) is 11.2 Å².